The van der Waals surface area contributed by atoms with Crippen LogP contribution in [-0.4, -0.2) is 0 Å². The van der Waals surface area contributed by atoms with Crippen molar-refractivity contribution in [2.75, 3.05) is 4.90 Å². The molecule has 0 spiro atoms. The Morgan fingerprint density at radius 2 is 1.40 bits per heavy atom. The van der Waals surface area contributed by atoms with Gasteiger partial charge in [0.25, 0.3) is 0 Å². The van der Waals surface area contributed by atoms with E-state index in [0.717, 1.165) is 35.4 Å². The van der Waals surface area contributed by atoms with E-state index in [-0.39, 0.29) is 11.2 Å². The molecule has 0 fully saturated rings. The molecule has 5 aromatic rings. The summed E-state index contributed by atoms with van der Waals surface area (Å²) in [5, 5.41) is 0. The molecular weight excluding hydrogens is 790 g/mol. The Hall–Kier alpha value is -6.77. The molecule has 0 bridgehead atoms. The van der Waals surface area contributed by atoms with Crippen molar-refractivity contribution in [1.29, 1.82) is 0 Å². The minimum absolute atomic E-state index is 0.215. The Labute approximate surface area is 391 Å². The van der Waals surface area contributed by atoms with Gasteiger partial charge in [0, 0.05) is 22.4 Å². The number of nitrogens with zero attached hydrogens (tertiary/aromatic N) is 1. The molecule has 0 amide bonds. The lowest BCUT2D eigenvalue weighted by Crippen LogP contribution is -2.20. The molecule has 2 heteroatoms. The highest BCUT2D eigenvalue weighted by molar-refractivity contribution is 5.95. The van der Waals surface area contributed by atoms with Crippen LogP contribution in [0.4, 0.5) is 15.8 Å². The van der Waals surface area contributed by atoms with Gasteiger partial charge in [-0.15, -0.1) is 0 Å². The van der Waals surface area contributed by atoms with Crippen LogP contribution in [0.1, 0.15) is 100 Å². The molecule has 0 heterocycles. The van der Waals surface area contributed by atoms with Gasteiger partial charge in [-0.3, -0.25) is 0 Å². The molecule has 332 valence electrons. The maximum absolute atomic E-state index is 14.4. The number of unbranched alkanes of at least 4 members (excludes halogenated alkanes) is 1. The van der Waals surface area contributed by atoms with Gasteiger partial charge in [0.05, 0.1) is 5.69 Å². The normalized spacial score (nSPS) is 13.8. The number of fused-ring (bicyclic) bond motifs is 3. The van der Waals surface area contributed by atoms with Crippen LogP contribution < -0.4 is 4.90 Å². The van der Waals surface area contributed by atoms with Gasteiger partial charge in [-0.1, -0.05) is 199 Å². The van der Waals surface area contributed by atoms with E-state index in [0.29, 0.717) is 5.69 Å². The molecule has 0 atom stereocenters. The number of hydrogen-bond acceptors (Lipinski definition) is 1. The molecule has 1 nitrogen and oxygen atoms in total. The Morgan fingerprint density at radius 3 is 2.00 bits per heavy atom. The van der Waals surface area contributed by atoms with E-state index in [1.807, 2.05) is 47.4 Å². The first-order valence-electron chi connectivity index (χ1n) is 22.9. The zero-order chi connectivity index (χ0) is 47.3. The molecule has 2 aliphatic carbocycles. The molecule has 0 aromatic heterocycles. The van der Waals surface area contributed by atoms with Crippen molar-refractivity contribution in [2.45, 2.75) is 86.0 Å². The topological polar surface area (TPSA) is 3.24 Å². The van der Waals surface area contributed by atoms with Crippen LogP contribution in [0, 0.1) is 19.7 Å². The molecule has 65 heavy (non-hydrogen) atoms. The largest absolute Gasteiger partial charge is 0.310 e. The van der Waals surface area contributed by atoms with E-state index in [1.54, 1.807) is 23.8 Å². The Balaban J connectivity index is 0.000000212. The van der Waals surface area contributed by atoms with E-state index in [2.05, 4.69) is 167 Å². The van der Waals surface area contributed by atoms with Crippen LogP contribution in [0.25, 0.3) is 34.4 Å². The number of benzene rings is 5. The van der Waals surface area contributed by atoms with E-state index in [4.69, 9.17) is 0 Å². The molecule has 0 saturated heterocycles. The van der Waals surface area contributed by atoms with Crippen LogP contribution in [0.5, 0.6) is 0 Å². The molecule has 5 aromatic carbocycles. The van der Waals surface area contributed by atoms with Crippen molar-refractivity contribution in [1.82, 2.24) is 0 Å². The van der Waals surface area contributed by atoms with Gasteiger partial charge in [0.1, 0.15) is 5.82 Å². The predicted molar refractivity (Wildman–Crippen MR) is 285 cm³/mol. The third kappa shape index (κ3) is 11.1. The fourth-order valence-electron chi connectivity index (χ4n) is 8.99. The lowest BCUT2D eigenvalue weighted by molar-refractivity contribution is 0.628. The smallest absolute Gasteiger partial charge is 0.125 e. The van der Waals surface area contributed by atoms with E-state index >= 15 is 0 Å². The summed E-state index contributed by atoms with van der Waals surface area (Å²) < 4.78 is 14.4. The molecule has 0 N–H and O–H groups in total. The second-order valence-corrected chi connectivity index (χ2v) is 17.3. The van der Waals surface area contributed by atoms with Crippen LogP contribution in [-0.2, 0) is 5.41 Å². The number of allylic oxidation sites excluding steroid dienone is 11. The lowest BCUT2D eigenvalue weighted by atomic mass is 9.80. The molecule has 7 rings (SSSR count). The Bertz CT molecular complexity index is 2690. The van der Waals surface area contributed by atoms with Crippen LogP contribution in [0.2, 0.25) is 0 Å². The van der Waals surface area contributed by atoms with Crippen LogP contribution in [0.3, 0.4) is 0 Å². The van der Waals surface area contributed by atoms with Gasteiger partial charge in [-0.05, 0) is 151 Å². The molecular formula is C63H68FN. The molecule has 0 unspecified atom stereocenters. The Morgan fingerprint density at radius 1 is 0.723 bits per heavy atom. The third-order valence-electron chi connectivity index (χ3n) is 12.5. The number of hydrogen-bond donors (Lipinski definition) is 0. The predicted octanol–water partition coefficient (Wildman–Crippen LogP) is 18.7. The summed E-state index contributed by atoms with van der Waals surface area (Å²) in [7, 11) is 0. The molecule has 0 saturated carbocycles. The molecule has 2 aliphatic rings. The minimum atomic E-state index is -0.307. The van der Waals surface area contributed by atoms with Gasteiger partial charge in [-0.25, -0.2) is 4.39 Å². The third-order valence-corrected chi connectivity index (χ3v) is 12.5. The van der Waals surface area contributed by atoms with E-state index in [1.165, 1.54) is 98.2 Å². The second-order valence-electron chi connectivity index (χ2n) is 17.3. The SMILES string of the molecule is C=C/C(C)=C(\C=C)C1=C(CCCC)C(C)=CCC1.C=C/C=C(\C=C)N(c1cccc(F)c1)c1cc2c(c(C=C)c1C=C)-c1ccc(C)cc1C2(C)C.Cc1ccc(-c2ccccc2)cc1. The van der Waals surface area contributed by atoms with E-state index in [9.17, 15) is 4.39 Å². The van der Waals surface area contributed by atoms with Crippen molar-refractivity contribution in [3.05, 3.63) is 252 Å². The van der Waals surface area contributed by atoms with Gasteiger partial charge in [-0.2, -0.15) is 0 Å². The number of anilines is 2. The summed E-state index contributed by atoms with van der Waals surface area (Å²) in [5.74, 6) is -0.307. The van der Waals surface area contributed by atoms with Crippen molar-refractivity contribution in [3.63, 3.8) is 0 Å². The number of aryl methyl sites for hydroxylation is 2. The summed E-state index contributed by atoms with van der Waals surface area (Å²) in [4.78, 5) is 2.01. The standard InChI is InChI=1S/C32H30FN.C18H26.C13H12/c1-8-13-23(9-2)34(24-15-12-14-22(33)19-24)30-20-29-31(26(11-4)25(30)10-3)27-17-16-21(5)18-28(27)32(29,6)7;1-6-9-12-17-15(5)11-10-13-18(17)16(8-3)14(4)7-2;1-11-7-9-13(10-8-11)12-5-3-2-4-6-12/h8-20H,1-4H2,5-7H3;7-8,11H,2-3,6,9-10,12-13H2,1,4-5H3;2-10H,1H3/b23-13+;16-14+;. The van der Waals surface area contributed by atoms with Crippen molar-refractivity contribution < 1.29 is 4.39 Å². The van der Waals surface area contributed by atoms with Crippen molar-refractivity contribution in [2.24, 2.45) is 0 Å². The van der Waals surface area contributed by atoms with E-state index < -0.39 is 0 Å². The average molecular weight is 858 g/mol. The molecule has 0 aliphatic heterocycles. The van der Waals surface area contributed by atoms with Crippen LogP contribution >= 0.6 is 0 Å². The minimum Gasteiger partial charge on any atom is -0.310 e. The quantitative estimate of drug-likeness (QED) is 0.101. The average Bonchev–Trinajstić information content (AvgIpc) is 3.53. The van der Waals surface area contributed by atoms with Gasteiger partial charge >= 0.3 is 0 Å². The first-order chi connectivity index (χ1) is 31.3. The zero-order valence-electron chi connectivity index (χ0n) is 40.0. The summed E-state index contributed by atoms with van der Waals surface area (Å²) in [6.45, 7) is 39.4. The lowest BCUT2D eigenvalue weighted by Gasteiger charge is -2.31. The summed E-state index contributed by atoms with van der Waals surface area (Å²) >= 11 is 0. The van der Waals surface area contributed by atoms with Crippen LogP contribution in [0.15, 0.2) is 213 Å². The van der Waals surface area contributed by atoms with Crippen molar-refractivity contribution in [3.8, 4) is 22.3 Å². The fraction of sp³-hybridized carbons (Fsp3) is 0.206. The maximum atomic E-state index is 14.4. The fourth-order valence-corrected chi connectivity index (χ4v) is 8.99. The maximum Gasteiger partial charge on any atom is 0.125 e. The number of halogens is 1. The highest BCUT2D eigenvalue weighted by Crippen LogP contribution is 2.54. The van der Waals surface area contributed by atoms with Crippen molar-refractivity contribution >= 4 is 23.5 Å². The van der Waals surface area contributed by atoms with Gasteiger partial charge in [0.15, 0.2) is 0 Å². The number of rotatable bonds is 14. The summed E-state index contributed by atoms with van der Waals surface area (Å²) in [5.41, 5.74) is 21.1. The zero-order valence-corrected chi connectivity index (χ0v) is 40.0. The summed E-state index contributed by atoms with van der Waals surface area (Å²) in [6, 6.07) is 34.4. The summed E-state index contributed by atoms with van der Waals surface area (Å²) in [6.07, 6.45) is 21.4. The first kappa shape index (κ1) is 49.2. The highest BCUT2D eigenvalue weighted by Gasteiger charge is 2.38. The van der Waals surface area contributed by atoms with Gasteiger partial charge in [0.2, 0.25) is 0 Å². The highest BCUT2D eigenvalue weighted by atomic mass is 19.1. The Kier molecular flexibility index (Phi) is 17.2. The second kappa shape index (κ2) is 22.7. The molecule has 0 radical (unpaired) electrons. The first-order valence-corrected chi connectivity index (χ1v) is 22.9. The monoisotopic (exact) mass is 858 g/mol. The van der Waals surface area contributed by atoms with Gasteiger partial charge < -0.3 is 4.90 Å².